The van der Waals surface area contributed by atoms with E-state index in [1.165, 1.54) is 4.90 Å². The molecule has 2 aliphatic rings. The summed E-state index contributed by atoms with van der Waals surface area (Å²) in [5.41, 5.74) is 1.26. The van der Waals surface area contributed by atoms with Crippen molar-refractivity contribution < 1.29 is 18.0 Å². The number of amides is 1. The number of rotatable bonds is 2. The zero-order chi connectivity index (χ0) is 15.9. The van der Waals surface area contributed by atoms with Crippen molar-refractivity contribution in [3.05, 3.63) is 24.3 Å². The number of benzene rings is 1. The third-order valence-electron chi connectivity index (χ3n) is 4.29. The fourth-order valence-corrected chi connectivity index (χ4v) is 3.24. The molecule has 7 heteroatoms. The van der Waals surface area contributed by atoms with E-state index in [1.807, 2.05) is 4.90 Å². The van der Waals surface area contributed by atoms with Gasteiger partial charge in [-0.25, -0.2) is 0 Å². The maximum absolute atomic E-state index is 12.7. The number of anilines is 2. The van der Waals surface area contributed by atoms with Crippen LogP contribution in [0.5, 0.6) is 0 Å². The maximum Gasteiger partial charge on any atom is 0.405 e. The van der Waals surface area contributed by atoms with Gasteiger partial charge < -0.3 is 14.7 Å². The van der Waals surface area contributed by atoms with Gasteiger partial charge in [0.15, 0.2) is 0 Å². The van der Waals surface area contributed by atoms with Crippen molar-refractivity contribution in [2.24, 2.45) is 0 Å². The molecule has 1 atom stereocenters. The Morgan fingerprint density at radius 2 is 1.82 bits per heavy atom. The van der Waals surface area contributed by atoms with Gasteiger partial charge in [-0.2, -0.15) is 13.2 Å². The number of carbonyl (C=O) groups excluding carboxylic acids is 1. The lowest BCUT2D eigenvalue weighted by molar-refractivity contribution is -0.127. The Balaban J connectivity index is 1.90. The largest absolute Gasteiger partial charge is 0.405 e. The highest BCUT2D eigenvalue weighted by Gasteiger charge is 2.39. The van der Waals surface area contributed by atoms with E-state index >= 15 is 0 Å². The van der Waals surface area contributed by atoms with Crippen molar-refractivity contribution in [3.8, 4) is 0 Å². The smallest absolute Gasteiger partial charge is 0.359 e. The topological polar surface area (TPSA) is 26.8 Å². The lowest BCUT2D eigenvalue weighted by Gasteiger charge is -2.41. The lowest BCUT2D eigenvalue weighted by Crippen LogP contribution is -2.50. The first-order valence-electron chi connectivity index (χ1n) is 7.29. The Bertz CT molecular complexity index is 575. The second-order valence-electron chi connectivity index (χ2n) is 5.78. The molecule has 3 rings (SSSR count). The van der Waals surface area contributed by atoms with Gasteiger partial charge in [0.1, 0.15) is 12.6 Å². The van der Waals surface area contributed by atoms with E-state index in [1.54, 1.807) is 36.2 Å². The lowest BCUT2D eigenvalue weighted by atomic mass is 10.1. The van der Waals surface area contributed by atoms with Crippen LogP contribution in [-0.2, 0) is 4.79 Å². The molecule has 4 nitrogen and oxygen atoms in total. The predicted octanol–water partition coefficient (Wildman–Crippen LogP) is 2.11. The average molecular weight is 313 g/mol. The van der Waals surface area contributed by atoms with Crippen LogP contribution in [0.4, 0.5) is 24.5 Å². The van der Waals surface area contributed by atoms with Crippen LogP contribution in [0, 0.1) is 0 Å². The molecule has 2 heterocycles. The molecule has 1 aromatic rings. The van der Waals surface area contributed by atoms with E-state index in [9.17, 15) is 18.0 Å². The van der Waals surface area contributed by atoms with Crippen LogP contribution in [0.2, 0.25) is 0 Å². The van der Waals surface area contributed by atoms with Crippen molar-refractivity contribution in [3.63, 3.8) is 0 Å². The van der Waals surface area contributed by atoms with E-state index in [2.05, 4.69) is 0 Å². The fraction of sp³-hybridized carbons (Fsp3) is 0.533. The zero-order valence-corrected chi connectivity index (χ0v) is 12.3. The molecule has 0 saturated carbocycles. The number of halogens is 3. The first kappa shape index (κ1) is 15.0. The number of para-hydroxylation sites is 2. The van der Waals surface area contributed by atoms with E-state index in [0.717, 1.165) is 0 Å². The normalized spacial score (nSPS) is 22.3. The van der Waals surface area contributed by atoms with E-state index in [0.29, 0.717) is 30.9 Å². The Hall–Kier alpha value is -1.92. The second-order valence-corrected chi connectivity index (χ2v) is 5.78. The van der Waals surface area contributed by atoms with E-state index in [4.69, 9.17) is 0 Å². The number of alkyl halides is 3. The molecule has 1 aromatic carbocycles. The second kappa shape index (κ2) is 5.37. The summed E-state index contributed by atoms with van der Waals surface area (Å²) >= 11 is 0. The minimum atomic E-state index is -4.24. The van der Waals surface area contributed by atoms with Crippen molar-refractivity contribution in [1.29, 1.82) is 0 Å². The van der Waals surface area contributed by atoms with Crippen LogP contribution in [-0.4, -0.2) is 56.3 Å². The minimum absolute atomic E-state index is 0.0408. The number of nitrogens with zero attached hydrogens (tertiary/aromatic N) is 3. The quantitative estimate of drug-likeness (QED) is 0.837. The van der Waals surface area contributed by atoms with Crippen molar-refractivity contribution >= 4 is 17.3 Å². The SMILES string of the molecule is CN1CC[C@@H](N2CCN(CC(F)(F)F)c3ccccc32)C1=O. The van der Waals surface area contributed by atoms with Gasteiger partial charge in [-0.3, -0.25) is 4.79 Å². The Kier molecular flexibility index (Phi) is 3.66. The molecule has 120 valence electrons. The summed E-state index contributed by atoms with van der Waals surface area (Å²) in [6, 6.07) is 6.75. The monoisotopic (exact) mass is 313 g/mol. The summed E-state index contributed by atoms with van der Waals surface area (Å²) in [5, 5.41) is 0. The third-order valence-corrected chi connectivity index (χ3v) is 4.29. The van der Waals surface area contributed by atoms with Gasteiger partial charge in [-0.1, -0.05) is 12.1 Å². The molecule has 1 fully saturated rings. The first-order valence-corrected chi connectivity index (χ1v) is 7.29. The number of hydrogen-bond donors (Lipinski definition) is 0. The van der Waals surface area contributed by atoms with Crippen LogP contribution in [0.1, 0.15) is 6.42 Å². The molecule has 22 heavy (non-hydrogen) atoms. The third kappa shape index (κ3) is 2.71. The number of fused-ring (bicyclic) bond motifs is 1. The Morgan fingerprint density at radius 1 is 1.14 bits per heavy atom. The molecule has 0 unspecified atom stereocenters. The highest BCUT2D eigenvalue weighted by atomic mass is 19.4. The highest BCUT2D eigenvalue weighted by molar-refractivity contribution is 5.89. The van der Waals surface area contributed by atoms with Crippen LogP contribution in [0.15, 0.2) is 24.3 Å². The molecule has 0 spiro atoms. The summed E-state index contributed by atoms with van der Waals surface area (Å²) in [5.74, 6) is 0.0408. The Morgan fingerprint density at radius 3 is 2.41 bits per heavy atom. The summed E-state index contributed by atoms with van der Waals surface area (Å²) in [7, 11) is 1.76. The van der Waals surface area contributed by atoms with Gasteiger partial charge in [0, 0.05) is 26.7 Å². The molecule has 1 amide bonds. The van der Waals surface area contributed by atoms with E-state index in [-0.39, 0.29) is 18.5 Å². The number of hydrogen-bond acceptors (Lipinski definition) is 3. The van der Waals surface area contributed by atoms with Gasteiger partial charge in [-0.15, -0.1) is 0 Å². The number of likely N-dealkylation sites (tertiary alicyclic amines) is 1. The first-order chi connectivity index (χ1) is 10.4. The van der Waals surface area contributed by atoms with Gasteiger partial charge in [0.2, 0.25) is 5.91 Å². The standard InChI is InChI=1S/C15H18F3N3O/c1-19-7-6-13(14(19)22)21-9-8-20(10-15(16,17)18)11-4-2-3-5-12(11)21/h2-5,13H,6-10H2,1H3/t13-/m1/s1. The maximum atomic E-state index is 12.7. The van der Waals surface area contributed by atoms with Crippen LogP contribution >= 0.6 is 0 Å². The van der Waals surface area contributed by atoms with Crippen LogP contribution in [0.25, 0.3) is 0 Å². The van der Waals surface area contributed by atoms with Gasteiger partial charge in [-0.05, 0) is 18.6 Å². The molecular formula is C15H18F3N3O. The highest BCUT2D eigenvalue weighted by Crippen LogP contribution is 2.37. The van der Waals surface area contributed by atoms with Crippen LogP contribution < -0.4 is 9.80 Å². The van der Waals surface area contributed by atoms with Crippen molar-refractivity contribution in [1.82, 2.24) is 4.90 Å². The van der Waals surface area contributed by atoms with Gasteiger partial charge >= 0.3 is 6.18 Å². The molecule has 2 aliphatic heterocycles. The summed E-state index contributed by atoms with van der Waals surface area (Å²) in [4.78, 5) is 17.2. The zero-order valence-electron chi connectivity index (χ0n) is 12.3. The molecule has 0 bridgehead atoms. The van der Waals surface area contributed by atoms with E-state index < -0.39 is 12.7 Å². The fourth-order valence-electron chi connectivity index (χ4n) is 3.24. The molecular weight excluding hydrogens is 295 g/mol. The predicted molar refractivity (Wildman–Crippen MR) is 78.1 cm³/mol. The van der Waals surface area contributed by atoms with Crippen molar-refractivity contribution in [2.45, 2.75) is 18.6 Å². The summed E-state index contributed by atoms with van der Waals surface area (Å²) in [6.07, 6.45) is -3.53. The van der Waals surface area contributed by atoms with Crippen molar-refractivity contribution in [2.75, 3.05) is 43.0 Å². The number of carbonyl (C=O) groups is 1. The average Bonchev–Trinajstić information content (AvgIpc) is 2.78. The summed E-state index contributed by atoms with van der Waals surface area (Å²) < 4.78 is 38.2. The molecule has 1 saturated heterocycles. The van der Waals surface area contributed by atoms with Crippen LogP contribution in [0.3, 0.4) is 0 Å². The number of likely N-dealkylation sites (N-methyl/N-ethyl adjacent to an activating group) is 1. The summed E-state index contributed by atoms with van der Waals surface area (Å²) in [6.45, 7) is 0.423. The van der Waals surface area contributed by atoms with Gasteiger partial charge in [0.05, 0.1) is 11.4 Å². The molecule has 0 aliphatic carbocycles. The van der Waals surface area contributed by atoms with Gasteiger partial charge in [0.25, 0.3) is 0 Å². The minimum Gasteiger partial charge on any atom is -0.359 e. The Labute approximate surface area is 127 Å². The molecule has 0 radical (unpaired) electrons. The molecule has 0 aromatic heterocycles. The molecule has 0 N–H and O–H groups in total.